The second-order valence-corrected chi connectivity index (χ2v) is 5.04. The number of hydrogen-bond acceptors (Lipinski definition) is 3. The molecule has 3 rings (SSSR count). The van der Waals surface area contributed by atoms with E-state index in [2.05, 4.69) is 5.10 Å². The molecule has 0 aliphatic heterocycles. The molecule has 0 bridgehead atoms. The number of carbonyl (C=O) groups excluding carboxylic acids is 1. The summed E-state index contributed by atoms with van der Waals surface area (Å²) in [6.07, 6.45) is 0. The Hall–Kier alpha value is -2.33. The van der Waals surface area contributed by atoms with Gasteiger partial charge in [-0.3, -0.25) is 4.79 Å². The minimum atomic E-state index is -0.0434. The summed E-state index contributed by atoms with van der Waals surface area (Å²) in [7, 11) is 1.61. The molecule has 2 heterocycles. The highest BCUT2D eigenvalue weighted by Crippen LogP contribution is 2.29. The fraction of sp³-hybridized carbons (Fsp3) is 0.125. The molecule has 0 spiro atoms. The maximum Gasteiger partial charge on any atom is 0.164 e. The molecular formula is C16H13ClN2O2. The zero-order valence-corrected chi connectivity index (χ0v) is 12.4. The van der Waals surface area contributed by atoms with Gasteiger partial charge in [-0.05, 0) is 43.3 Å². The molecule has 21 heavy (non-hydrogen) atoms. The monoisotopic (exact) mass is 300 g/mol. The van der Waals surface area contributed by atoms with Crippen LogP contribution in [0.5, 0.6) is 5.75 Å². The first-order valence-corrected chi connectivity index (χ1v) is 6.82. The highest BCUT2D eigenvalue weighted by atomic mass is 35.5. The molecule has 106 valence electrons. The number of methoxy groups -OCH3 is 1. The number of ether oxygens (including phenoxy) is 1. The van der Waals surface area contributed by atoms with Gasteiger partial charge in [-0.1, -0.05) is 17.7 Å². The lowest BCUT2D eigenvalue weighted by Crippen LogP contribution is -1.94. The number of halogens is 1. The van der Waals surface area contributed by atoms with E-state index in [1.54, 1.807) is 17.7 Å². The SMILES string of the molecule is COc1ccc(-c2nn3c(Cl)cccc3c2C(C)=O)cc1. The number of Topliss-reactive ketones (excluding diaryl/α,β-unsaturated/α-hetero) is 1. The Bertz CT molecular complexity index is 822. The van der Waals surface area contributed by atoms with Crippen molar-refractivity contribution < 1.29 is 9.53 Å². The zero-order valence-electron chi connectivity index (χ0n) is 11.6. The zero-order chi connectivity index (χ0) is 15.0. The molecule has 0 fully saturated rings. The van der Waals surface area contributed by atoms with E-state index in [0.29, 0.717) is 21.9 Å². The lowest BCUT2D eigenvalue weighted by molar-refractivity contribution is 0.102. The van der Waals surface area contributed by atoms with Crippen LogP contribution in [0.3, 0.4) is 0 Å². The molecule has 3 aromatic rings. The van der Waals surface area contributed by atoms with Gasteiger partial charge in [-0.25, -0.2) is 4.52 Å². The summed E-state index contributed by atoms with van der Waals surface area (Å²) < 4.78 is 6.73. The lowest BCUT2D eigenvalue weighted by atomic mass is 10.0. The van der Waals surface area contributed by atoms with Crippen molar-refractivity contribution >= 4 is 22.9 Å². The first-order chi connectivity index (χ1) is 10.1. The van der Waals surface area contributed by atoms with E-state index in [4.69, 9.17) is 16.3 Å². The van der Waals surface area contributed by atoms with Gasteiger partial charge in [0.15, 0.2) is 5.78 Å². The van der Waals surface area contributed by atoms with Crippen molar-refractivity contribution in [2.75, 3.05) is 7.11 Å². The predicted molar refractivity (Wildman–Crippen MR) is 82.2 cm³/mol. The van der Waals surface area contributed by atoms with Gasteiger partial charge in [-0.2, -0.15) is 5.10 Å². The van der Waals surface area contributed by atoms with E-state index in [1.165, 1.54) is 6.92 Å². The van der Waals surface area contributed by atoms with Gasteiger partial charge in [0.25, 0.3) is 0 Å². The van der Waals surface area contributed by atoms with Crippen LogP contribution in [-0.4, -0.2) is 22.5 Å². The number of aromatic nitrogens is 2. The summed E-state index contributed by atoms with van der Waals surface area (Å²) in [5, 5.41) is 4.95. The lowest BCUT2D eigenvalue weighted by Gasteiger charge is -2.02. The van der Waals surface area contributed by atoms with E-state index in [-0.39, 0.29) is 5.78 Å². The third-order valence-corrected chi connectivity index (χ3v) is 3.61. The molecule has 5 heteroatoms. The van der Waals surface area contributed by atoms with E-state index < -0.39 is 0 Å². The fourth-order valence-electron chi connectivity index (χ4n) is 2.34. The smallest absolute Gasteiger partial charge is 0.164 e. The van der Waals surface area contributed by atoms with Gasteiger partial charge < -0.3 is 4.74 Å². The molecule has 2 aromatic heterocycles. The summed E-state index contributed by atoms with van der Waals surface area (Å²) in [5.41, 5.74) is 2.75. The molecule has 0 unspecified atom stereocenters. The van der Waals surface area contributed by atoms with Crippen LogP contribution in [0.25, 0.3) is 16.8 Å². The molecule has 0 N–H and O–H groups in total. The summed E-state index contributed by atoms with van der Waals surface area (Å²) in [6.45, 7) is 1.53. The number of fused-ring (bicyclic) bond motifs is 1. The summed E-state index contributed by atoms with van der Waals surface area (Å²) in [6, 6.07) is 12.8. The van der Waals surface area contributed by atoms with Crippen molar-refractivity contribution in [3.8, 4) is 17.0 Å². The summed E-state index contributed by atoms with van der Waals surface area (Å²) in [4.78, 5) is 12.0. The van der Waals surface area contributed by atoms with Crippen molar-refractivity contribution in [3.05, 3.63) is 53.2 Å². The van der Waals surface area contributed by atoms with Crippen molar-refractivity contribution in [2.45, 2.75) is 6.92 Å². The Morgan fingerprint density at radius 3 is 2.52 bits per heavy atom. The molecule has 0 saturated heterocycles. The number of carbonyl (C=O) groups is 1. The van der Waals surface area contributed by atoms with E-state index >= 15 is 0 Å². The van der Waals surface area contributed by atoms with Crippen molar-refractivity contribution in [2.24, 2.45) is 0 Å². The van der Waals surface area contributed by atoms with Crippen LogP contribution >= 0.6 is 11.6 Å². The Morgan fingerprint density at radius 2 is 1.90 bits per heavy atom. The Balaban J connectivity index is 2.28. The Morgan fingerprint density at radius 1 is 1.19 bits per heavy atom. The standard InChI is InChI=1S/C16H13ClN2O2/c1-10(20)15-13-4-3-5-14(17)19(13)18-16(15)11-6-8-12(21-2)9-7-11/h3-9H,1-2H3. The second kappa shape index (κ2) is 5.22. The molecule has 0 amide bonds. The second-order valence-electron chi connectivity index (χ2n) is 4.65. The van der Waals surface area contributed by atoms with Crippen molar-refractivity contribution in [1.29, 1.82) is 0 Å². The van der Waals surface area contributed by atoms with Gasteiger partial charge in [0.1, 0.15) is 16.6 Å². The van der Waals surface area contributed by atoms with Crippen LogP contribution in [0, 0.1) is 0 Å². The largest absolute Gasteiger partial charge is 0.497 e. The fourth-order valence-corrected chi connectivity index (χ4v) is 2.54. The minimum absolute atomic E-state index is 0.0434. The van der Waals surface area contributed by atoms with Crippen molar-refractivity contribution in [1.82, 2.24) is 9.61 Å². The van der Waals surface area contributed by atoms with Gasteiger partial charge in [0, 0.05) is 5.56 Å². The number of hydrogen-bond donors (Lipinski definition) is 0. The van der Waals surface area contributed by atoms with Crippen LogP contribution in [0.2, 0.25) is 5.15 Å². The topological polar surface area (TPSA) is 43.6 Å². The van der Waals surface area contributed by atoms with E-state index in [1.807, 2.05) is 36.4 Å². The van der Waals surface area contributed by atoms with Gasteiger partial charge in [0.2, 0.25) is 0 Å². The number of nitrogens with zero attached hydrogens (tertiary/aromatic N) is 2. The van der Waals surface area contributed by atoms with Gasteiger partial charge in [-0.15, -0.1) is 0 Å². The summed E-state index contributed by atoms with van der Waals surface area (Å²) >= 11 is 6.15. The van der Waals surface area contributed by atoms with E-state index in [9.17, 15) is 4.79 Å². The molecular weight excluding hydrogens is 288 g/mol. The average Bonchev–Trinajstić information content (AvgIpc) is 2.88. The van der Waals surface area contributed by atoms with Crippen LogP contribution in [-0.2, 0) is 0 Å². The third-order valence-electron chi connectivity index (χ3n) is 3.33. The molecule has 1 aromatic carbocycles. The van der Waals surface area contributed by atoms with Crippen LogP contribution in [0.15, 0.2) is 42.5 Å². The maximum atomic E-state index is 12.0. The molecule has 0 saturated carbocycles. The first-order valence-electron chi connectivity index (χ1n) is 6.44. The minimum Gasteiger partial charge on any atom is -0.497 e. The normalized spacial score (nSPS) is 10.8. The number of rotatable bonds is 3. The summed E-state index contributed by atoms with van der Waals surface area (Å²) in [5.74, 6) is 0.711. The van der Waals surface area contributed by atoms with Gasteiger partial charge >= 0.3 is 0 Å². The van der Waals surface area contributed by atoms with Crippen molar-refractivity contribution in [3.63, 3.8) is 0 Å². The van der Waals surface area contributed by atoms with Crippen LogP contribution < -0.4 is 4.74 Å². The average molecular weight is 301 g/mol. The molecule has 0 atom stereocenters. The van der Waals surface area contributed by atoms with E-state index in [0.717, 1.165) is 11.3 Å². The highest BCUT2D eigenvalue weighted by Gasteiger charge is 2.19. The highest BCUT2D eigenvalue weighted by molar-refractivity contribution is 6.30. The number of pyridine rings is 1. The van der Waals surface area contributed by atoms with Gasteiger partial charge in [0.05, 0.1) is 18.2 Å². The molecule has 0 aliphatic rings. The number of ketones is 1. The van der Waals surface area contributed by atoms with Crippen LogP contribution in [0.4, 0.5) is 0 Å². The molecule has 0 aliphatic carbocycles. The van der Waals surface area contributed by atoms with Crippen LogP contribution in [0.1, 0.15) is 17.3 Å². The third kappa shape index (κ3) is 2.28. The first kappa shape index (κ1) is 13.6. The Kier molecular flexibility index (Phi) is 3.39. The maximum absolute atomic E-state index is 12.0. The predicted octanol–water partition coefficient (Wildman–Crippen LogP) is 3.87. The number of benzene rings is 1. The Labute approximate surface area is 126 Å². The quantitative estimate of drug-likeness (QED) is 0.545. The molecule has 4 nitrogen and oxygen atoms in total. The molecule has 0 radical (unpaired) electrons.